The molecule has 2 aromatic rings. The van der Waals surface area contributed by atoms with Gasteiger partial charge in [-0.1, -0.05) is 41.9 Å². The van der Waals surface area contributed by atoms with E-state index in [9.17, 15) is 23.3 Å². The zero-order valence-corrected chi connectivity index (χ0v) is 20.4. The van der Waals surface area contributed by atoms with Crippen molar-refractivity contribution in [1.29, 1.82) is 0 Å². The second kappa shape index (κ2) is 8.42. The van der Waals surface area contributed by atoms with Crippen LogP contribution in [0.1, 0.15) is 25.8 Å². The third-order valence-corrected chi connectivity index (χ3v) is 8.61. The zero-order chi connectivity index (χ0) is 23.9. The molecule has 0 saturated heterocycles. The van der Waals surface area contributed by atoms with E-state index in [2.05, 4.69) is 27.8 Å². The van der Waals surface area contributed by atoms with Crippen molar-refractivity contribution in [3.05, 3.63) is 75.3 Å². The van der Waals surface area contributed by atoms with Gasteiger partial charge >= 0.3 is 0 Å². The molecule has 1 unspecified atom stereocenters. The molecule has 0 radical (unpaired) electrons. The molecule has 1 heterocycles. The number of carbonyl (C=O) groups excluding carboxylic acids is 1. The number of anilines is 1. The number of nitrogens with one attached hydrogen (secondary N) is 1. The first-order valence-electron chi connectivity index (χ1n) is 9.83. The van der Waals surface area contributed by atoms with Crippen LogP contribution < -0.4 is 5.32 Å². The van der Waals surface area contributed by atoms with E-state index in [1.165, 1.54) is 23.5 Å². The molecule has 2 aromatic carbocycles. The number of sulfonamides is 1. The zero-order valence-electron chi connectivity index (χ0n) is 18.0. The molecule has 1 aliphatic rings. The fraction of sp³-hybridized carbons (Fsp3) is 0.318. The first kappa shape index (κ1) is 24.1. The lowest BCUT2D eigenvalue weighted by atomic mass is 9.60. The smallest absolute Gasteiger partial charge is 0.269 e. The van der Waals surface area contributed by atoms with Gasteiger partial charge in [0, 0.05) is 41.3 Å². The van der Waals surface area contributed by atoms with Gasteiger partial charge in [0.05, 0.1) is 15.2 Å². The molecule has 1 atom stereocenters. The second-order valence-corrected chi connectivity index (χ2v) is 11.3. The largest absolute Gasteiger partial charge is 0.325 e. The standard InChI is InChI=1S/C22H24BrN3O5S/c1-5-21(2,3)22(18-11-6-15(23)14-19(18)24-20(22)27)12-13-25(4)32(30,31)17-9-7-16(8-10-17)26(28)29/h5-11,14H,1,12-13H2,2-4H3,(H,24,27). The number of carbonyl (C=O) groups is 1. The first-order valence-corrected chi connectivity index (χ1v) is 12.1. The summed E-state index contributed by atoms with van der Waals surface area (Å²) in [7, 11) is -2.48. The van der Waals surface area contributed by atoms with Crippen molar-refractivity contribution in [3.63, 3.8) is 0 Å². The van der Waals surface area contributed by atoms with Gasteiger partial charge in [-0.05, 0) is 36.2 Å². The number of nitro groups is 1. The first-order chi connectivity index (χ1) is 14.9. The van der Waals surface area contributed by atoms with Crippen LogP contribution in [0.25, 0.3) is 0 Å². The lowest BCUT2D eigenvalue weighted by Crippen LogP contribution is -2.48. The second-order valence-electron chi connectivity index (χ2n) is 8.30. The number of rotatable bonds is 8. The summed E-state index contributed by atoms with van der Waals surface area (Å²) in [6, 6.07) is 10.3. The van der Waals surface area contributed by atoms with Crippen molar-refractivity contribution in [2.24, 2.45) is 5.41 Å². The molecule has 0 spiro atoms. The summed E-state index contributed by atoms with van der Waals surface area (Å²) in [5.41, 5.74) is -0.418. The van der Waals surface area contributed by atoms with E-state index in [1.807, 2.05) is 32.0 Å². The summed E-state index contributed by atoms with van der Waals surface area (Å²) in [4.78, 5) is 23.5. The number of non-ortho nitro benzene ring substituents is 1. The lowest BCUT2D eigenvalue weighted by molar-refractivity contribution is -0.384. The Morgan fingerprint density at radius 2 is 1.88 bits per heavy atom. The molecule has 3 rings (SSSR count). The molecule has 0 saturated carbocycles. The van der Waals surface area contributed by atoms with Crippen molar-refractivity contribution in [1.82, 2.24) is 4.31 Å². The summed E-state index contributed by atoms with van der Waals surface area (Å²) in [5, 5.41) is 13.8. The Morgan fingerprint density at radius 1 is 1.25 bits per heavy atom. The van der Waals surface area contributed by atoms with Crippen molar-refractivity contribution in [2.75, 3.05) is 18.9 Å². The van der Waals surface area contributed by atoms with Crippen LogP contribution in [-0.4, -0.2) is 37.1 Å². The molecule has 1 N–H and O–H groups in total. The SMILES string of the molecule is C=CC(C)(C)C1(CCN(C)S(=O)(=O)c2ccc([N+](=O)[O-])cc2)C(=O)Nc2cc(Br)ccc21. The molecule has 0 aromatic heterocycles. The Kier molecular flexibility index (Phi) is 6.34. The van der Waals surface area contributed by atoms with E-state index < -0.39 is 25.8 Å². The molecule has 32 heavy (non-hydrogen) atoms. The van der Waals surface area contributed by atoms with Gasteiger partial charge < -0.3 is 5.32 Å². The van der Waals surface area contributed by atoms with Crippen molar-refractivity contribution < 1.29 is 18.1 Å². The molecular weight excluding hydrogens is 498 g/mol. The Morgan fingerprint density at radius 3 is 2.44 bits per heavy atom. The molecule has 10 heteroatoms. The number of halogens is 1. The van der Waals surface area contributed by atoms with Crippen LogP contribution in [-0.2, 0) is 20.2 Å². The average molecular weight is 522 g/mol. The highest BCUT2D eigenvalue weighted by molar-refractivity contribution is 9.10. The number of hydrogen-bond donors (Lipinski definition) is 1. The van der Waals surface area contributed by atoms with E-state index in [1.54, 1.807) is 6.08 Å². The maximum absolute atomic E-state index is 13.3. The van der Waals surface area contributed by atoms with Gasteiger partial charge in [0.25, 0.3) is 5.69 Å². The van der Waals surface area contributed by atoms with E-state index in [0.29, 0.717) is 5.69 Å². The van der Waals surface area contributed by atoms with Gasteiger partial charge in [-0.2, -0.15) is 0 Å². The average Bonchev–Trinajstić information content (AvgIpc) is 3.03. The van der Waals surface area contributed by atoms with Crippen LogP contribution in [0.5, 0.6) is 0 Å². The normalized spacial score (nSPS) is 18.3. The van der Waals surface area contributed by atoms with Gasteiger partial charge in [0.2, 0.25) is 15.9 Å². The van der Waals surface area contributed by atoms with Crippen LogP contribution in [0.15, 0.2) is 64.5 Å². The monoisotopic (exact) mass is 521 g/mol. The summed E-state index contributed by atoms with van der Waals surface area (Å²) < 4.78 is 28.1. The van der Waals surface area contributed by atoms with Crippen LogP contribution in [0.2, 0.25) is 0 Å². The third kappa shape index (κ3) is 3.87. The summed E-state index contributed by atoms with van der Waals surface area (Å²) in [5.74, 6) is -0.211. The van der Waals surface area contributed by atoms with Crippen molar-refractivity contribution >= 4 is 43.2 Å². The van der Waals surface area contributed by atoms with Crippen LogP contribution in [0.4, 0.5) is 11.4 Å². The Bertz CT molecular complexity index is 1190. The van der Waals surface area contributed by atoms with Gasteiger partial charge in [-0.25, -0.2) is 12.7 Å². The minimum Gasteiger partial charge on any atom is -0.325 e. The van der Waals surface area contributed by atoms with Gasteiger partial charge in [0.1, 0.15) is 0 Å². The molecule has 0 aliphatic carbocycles. The quantitative estimate of drug-likeness (QED) is 0.313. The van der Waals surface area contributed by atoms with Crippen molar-refractivity contribution in [3.8, 4) is 0 Å². The number of benzene rings is 2. The summed E-state index contributed by atoms with van der Waals surface area (Å²) in [6.45, 7) is 7.78. The van der Waals surface area contributed by atoms with E-state index in [0.717, 1.165) is 22.2 Å². The third-order valence-electron chi connectivity index (χ3n) is 6.24. The number of amides is 1. The molecule has 0 fully saturated rings. The number of nitrogens with zero attached hydrogens (tertiary/aromatic N) is 2. The van der Waals surface area contributed by atoms with Crippen LogP contribution >= 0.6 is 15.9 Å². The van der Waals surface area contributed by atoms with Gasteiger partial charge in [-0.15, -0.1) is 6.58 Å². The highest BCUT2D eigenvalue weighted by Crippen LogP contribution is 2.52. The minimum absolute atomic E-state index is 0.0529. The number of hydrogen-bond acceptors (Lipinski definition) is 5. The number of nitro benzene ring substituents is 1. The molecule has 170 valence electrons. The highest BCUT2D eigenvalue weighted by Gasteiger charge is 2.55. The predicted octanol–water partition coefficient (Wildman–Crippen LogP) is 4.47. The number of fused-ring (bicyclic) bond motifs is 1. The summed E-state index contributed by atoms with van der Waals surface area (Å²) >= 11 is 3.42. The minimum atomic E-state index is -3.91. The van der Waals surface area contributed by atoms with Crippen molar-refractivity contribution in [2.45, 2.75) is 30.6 Å². The molecule has 1 aliphatic heterocycles. The van der Waals surface area contributed by atoms with E-state index in [4.69, 9.17) is 0 Å². The maximum Gasteiger partial charge on any atom is 0.269 e. The Balaban J connectivity index is 1.95. The number of allylic oxidation sites excluding steroid dienone is 1. The molecular formula is C22H24BrN3O5S. The van der Waals surface area contributed by atoms with E-state index >= 15 is 0 Å². The van der Waals surface area contributed by atoms with Crippen LogP contribution in [0, 0.1) is 15.5 Å². The fourth-order valence-corrected chi connectivity index (χ4v) is 5.63. The topological polar surface area (TPSA) is 110 Å². The predicted molar refractivity (Wildman–Crippen MR) is 126 cm³/mol. The lowest BCUT2D eigenvalue weighted by Gasteiger charge is -2.41. The molecule has 0 bridgehead atoms. The van der Waals surface area contributed by atoms with Gasteiger partial charge in [-0.3, -0.25) is 14.9 Å². The van der Waals surface area contributed by atoms with E-state index in [-0.39, 0.29) is 29.5 Å². The van der Waals surface area contributed by atoms with Gasteiger partial charge in [0.15, 0.2) is 0 Å². The maximum atomic E-state index is 13.3. The summed E-state index contributed by atoms with van der Waals surface area (Å²) in [6.07, 6.45) is 1.93. The Labute approximate surface area is 195 Å². The fourth-order valence-electron chi connectivity index (χ4n) is 4.09. The molecule has 1 amide bonds. The highest BCUT2D eigenvalue weighted by atomic mass is 79.9. The molecule has 8 nitrogen and oxygen atoms in total. The Hall–Kier alpha value is -2.56. The van der Waals surface area contributed by atoms with Crippen LogP contribution in [0.3, 0.4) is 0 Å².